The van der Waals surface area contributed by atoms with Crippen LogP contribution < -0.4 is 5.32 Å². The fourth-order valence-electron chi connectivity index (χ4n) is 2.78. The molecule has 1 aromatic heterocycles. The number of amides is 1. The Morgan fingerprint density at radius 3 is 2.60 bits per heavy atom. The maximum absolute atomic E-state index is 12.3. The van der Waals surface area contributed by atoms with E-state index in [9.17, 15) is 4.79 Å². The molecule has 3 rings (SSSR count). The van der Waals surface area contributed by atoms with E-state index in [1.807, 2.05) is 31.4 Å². The van der Waals surface area contributed by atoms with Crippen LogP contribution in [0.4, 0.5) is 0 Å². The van der Waals surface area contributed by atoms with Gasteiger partial charge in [0, 0.05) is 16.2 Å². The van der Waals surface area contributed by atoms with Crippen LogP contribution in [0.3, 0.4) is 0 Å². The second kappa shape index (κ2) is 9.41. The van der Waals surface area contributed by atoms with E-state index in [4.69, 9.17) is 23.2 Å². The molecule has 30 heavy (non-hydrogen) atoms. The molecule has 0 atom stereocenters. The first-order valence-electron chi connectivity index (χ1n) is 9.51. The van der Waals surface area contributed by atoms with E-state index in [2.05, 4.69) is 40.6 Å². The summed E-state index contributed by atoms with van der Waals surface area (Å²) in [6, 6.07) is 13.6. The van der Waals surface area contributed by atoms with Crippen LogP contribution in [0, 0.1) is 12.3 Å². The number of aryl methyl sites for hydroxylation is 1. The number of hydrogen-bond donors (Lipinski definition) is 1. The Balaban J connectivity index is 1.93. The highest BCUT2D eigenvalue weighted by Crippen LogP contribution is 2.31. The van der Waals surface area contributed by atoms with Crippen molar-refractivity contribution in [1.29, 1.82) is 0 Å². The maximum atomic E-state index is 12.3. The summed E-state index contributed by atoms with van der Waals surface area (Å²) in [6.07, 6.45) is 0. The quantitative estimate of drug-likeness (QED) is 0.467. The average molecular weight is 463 g/mol. The average Bonchev–Trinajstić information content (AvgIpc) is 3.08. The molecule has 0 radical (unpaired) electrons. The Kier molecular flexibility index (Phi) is 7.11. The van der Waals surface area contributed by atoms with Gasteiger partial charge in [-0.05, 0) is 30.7 Å². The fraction of sp³-hybridized carbons (Fsp3) is 0.318. The summed E-state index contributed by atoms with van der Waals surface area (Å²) in [5.74, 6) is 1.25. The molecule has 8 heteroatoms. The zero-order valence-electron chi connectivity index (χ0n) is 17.4. The molecule has 0 unspecified atom stereocenters. The van der Waals surface area contributed by atoms with Gasteiger partial charge in [-0.15, -0.1) is 10.2 Å². The number of nitrogens with zero attached hydrogens (tertiary/aromatic N) is 3. The third-order valence-electron chi connectivity index (χ3n) is 4.39. The van der Waals surface area contributed by atoms with Crippen molar-refractivity contribution in [2.45, 2.75) is 45.1 Å². The van der Waals surface area contributed by atoms with Gasteiger partial charge in [-0.25, -0.2) is 0 Å². The summed E-state index contributed by atoms with van der Waals surface area (Å²) in [5, 5.41) is 13.4. The first-order chi connectivity index (χ1) is 14.1. The van der Waals surface area contributed by atoms with E-state index in [-0.39, 0.29) is 12.5 Å². The van der Waals surface area contributed by atoms with E-state index < -0.39 is 5.41 Å². The zero-order valence-corrected chi connectivity index (χ0v) is 19.7. The topological polar surface area (TPSA) is 59.8 Å². The molecule has 5 nitrogen and oxygen atoms in total. The molecule has 0 saturated heterocycles. The van der Waals surface area contributed by atoms with Gasteiger partial charge in [-0.3, -0.25) is 9.36 Å². The van der Waals surface area contributed by atoms with E-state index >= 15 is 0 Å². The normalized spacial score (nSPS) is 11.5. The highest BCUT2D eigenvalue weighted by atomic mass is 35.5. The molecule has 1 N–H and O–H groups in total. The third-order valence-corrected chi connectivity index (χ3v) is 5.94. The second-order valence-electron chi connectivity index (χ2n) is 8.04. The fourth-order valence-corrected chi connectivity index (χ4v) is 4.06. The lowest BCUT2D eigenvalue weighted by Crippen LogP contribution is -2.35. The van der Waals surface area contributed by atoms with Crippen LogP contribution >= 0.6 is 35.0 Å². The molecule has 0 aliphatic heterocycles. The molecule has 0 aliphatic rings. The second-order valence-corrected chi connectivity index (χ2v) is 9.83. The van der Waals surface area contributed by atoms with Crippen molar-refractivity contribution >= 4 is 40.9 Å². The Morgan fingerprint density at radius 1 is 1.13 bits per heavy atom. The standard InChI is InChI=1S/C22H24Cl2N4OS/c1-14-6-5-7-15(10-14)13-30-21-27-26-19(12-25-20(29)22(2,3)4)28(21)18-11-16(23)8-9-17(18)24/h5-11H,12-13H2,1-4H3,(H,25,29). The molecule has 0 bridgehead atoms. The number of rotatable bonds is 6. The van der Waals surface area contributed by atoms with Crippen molar-refractivity contribution in [3.05, 3.63) is 69.5 Å². The van der Waals surface area contributed by atoms with E-state index in [0.29, 0.717) is 26.7 Å². The van der Waals surface area contributed by atoms with Crippen LogP contribution in [0.5, 0.6) is 0 Å². The lowest BCUT2D eigenvalue weighted by molar-refractivity contribution is -0.128. The predicted molar refractivity (Wildman–Crippen MR) is 123 cm³/mol. The molecule has 0 saturated carbocycles. The largest absolute Gasteiger partial charge is 0.348 e. The van der Waals surface area contributed by atoms with Crippen molar-refractivity contribution in [3.8, 4) is 5.69 Å². The first-order valence-corrected chi connectivity index (χ1v) is 11.3. The summed E-state index contributed by atoms with van der Waals surface area (Å²) in [7, 11) is 0. The van der Waals surface area contributed by atoms with Gasteiger partial charge in [0.1, 0.15) is 0 Å². The Labute approximate surface area is 191 Å². The van der Waals surface area contributed by atoms with Crippen LogP contribution in [0.25, 0.3) is 5.69 Å². The van der Waals surface area contributed by atoms with E-state index in [1.165, 1.54) is 11.1 Å². The van der Waals surface area contributed by atoms with Crippen molar-refractivity contribution in [3.63, 3.8) is 0 Å². The highest BCUT2D eigenvalue weighted by Gasteiger charge is 2.23. The molecule has 0 spiro atoms. The summed E-state index contributed by atoms with van der Waals surface area (Å²) >= 11 is 14.3. The number of carbonyl (C=O) groups is 1. The molecule has 3 aromatic rings. The summed E-state index contributed by atoms with van der Waals surface area (Å²) in [6.45, 7) is 7.90. The van der Waals surface area contributed by atoms with Gasteiger partial charge in [0.25, 0.3) is 0 Å². The number of nitrogens with one attached hydrogen (secondary N) is 1. The number of thioether (sulfide) groups is 1. The minimum absolute atomic E-state index is 0.0665. The molecular weight excluding hydrogens is 439 g/mol. The van der Waals surface area contributed by atoms with Crippen LogP contribution in [0.1, 0.15) is 37.7 Å². The number of benzene rings is 2. The van der Waals surface area contributed by atoms with Gasteiger partial charge in [-0.1, -0.05) is 85.6 Å². The van der Waals surface area contributed by atoms with E-state index in [0.717, 1.165) is 5.75 Å². The molecule has 1 heterocycles. The van der Waals surface area contributed by atoms with Crippen molar-refractivity contribution < 1.29 is 4.79 Å². The molecule has 2 aromatic carbocycles. The van der Waals surface area contributed by atoms with Gasteiger partial charge >= 0.3 is 0 Å². The molecular formula is C22H24Cl2N4OS. The molecule has 0 aliphatic carbocycles. The van der Waals surface area contributed by atoms with Crippen LogP contribution in [0.2, 0.25) is 10.0 Å². The van der Waals surface area contributed by atoms with Crippen molar-refractivity contribution in [2.24, 2.45) is 5.41 Å². The highest BCUT2D eigenvalue weighted by molar-refractivity contribution is 7.98. The lowest BCUT2D eigenvalue weighted by atomic mass is 9.96. The Morgan fingerprint density at radius 2 is 1.90 bits per heavy atom. The van der Waals surface area contributed by atoms with Gasteiger partial charge in [0.15, 0.2) is 11.0 Å². The minimum atomic E-state index is -0.499. The van der Waals surface area contributed by atoms with Crippen LogP contribution in [-0.4, -0.2) is 20.7 Å². The summed E-state index contributed by atoms with van der Waals surface area (Å²) in [4.78, 5) is 12.3. The summed E-state index contributed by atoms with van der Waals surface area (Å²) < 4.78 is 1.86. The van der Waals surface area contributed by atoms with E-state index in [1.54, 1.807) is 30.0 Å². The third kappa shape index (κ3) is 5.56. The molecule has 158 valence electrons. The number of aromatic nitrogens is 3. The lowest BCUT2D eigenvalue weighted by Gasteiger charge is -2.18. The first kappa shape index (κ1) is 22.7. The molecule has 0 fully saturated rings. The smallest absolute Gasteiger partial charge is 0.225 e. The SMILES string of the molecule is Cc1cccc(CSc2nnc(CNC(=O)C(C)(C)C)n2-c2cc(Cl)ccc2Cl)c1. The predicted octanol–water partition coefficient (Wildman–Crippen LogP) is 5.84. The number of halogens is 2. The Bertz CT molecular complexity index is 1060. The van der Waals surface area contributed by atoms with Gasteiger partial charge in [-0.2, -0.15) is 0 Å². The van der Waals surface area contributed by atoms with Crippen LogP contribution in [0.15, 0.2) is 47.6 Å². The summed E-state index contributed by atoms with van der Waals surface area (Å²) in [5.41, 5.74) is 2.58. The van der Waals surface area contributed by atoms with Crippen molar-refractivity contribution in [1.82, 2.24) is 20.1 Å². The van der Waals surface area contributed by atoms with Crippen LogP contribution in [-0.2, 0) is 17.1 Å². The van der Waals surface area contributed by atoms with Gasteiger partial charge in [0.05, 0.1) is 17.3 Å². The maximum Gasteiger partial charge on any atom is 0.225 e. The number of hydrogen-bond acceptors (Lipinski definition) is 4. The van der Waals surface area contributed by atoms with Gasteiger partial charge in [0.2, 0.25) is 5.91 Å². The van der Waals surface area contributed by atoms with Crippen molar-refractivity contribution in [2.75, 3.05) is 0 Å². The van der Waals surface area contributed by atoms with Gasteiger partial charge < -0.3 is 5.32 Å². The molecule has 1 amide bonds. The Hall–Kier alpha value is -2.02. The minimum Gasteiger partial charge on any atom is -0.348 e. The number of carbonyl (C=O) groups excluding carboxylic acids is 1. The zero-order chi connectivity index (χ0) is 21.9. The monoisotopic (exact) mass is 462 g/mol.